The zero-order valence-corrected chi connectivity index (χ0v) is 21.0. The smallest absolute Gasteiger partial charge is 0.487 e. The third-order valence-electron chi connectivity index (χ3n) is 7.27. The first-order valence-electron chi connectivity index (χ1n) is 12.1. The van der Waals surface area contributed by atoms with Crippen molar-refractivity contribution in [2.45, 2.75) is 51.1 Å². The normalized spacial score (nSPS) is 21.2. The van der Waals surface area contributed by atoms with Gasteiger partial charge in [-0.3, -0.25) is 14.2 Å². The number of hydrogen-bond donors (Lipinski definition) is 2. The van der Waals surface area contributed by atoms with Crippen molar-refractivity contribution in [3.8, 4) is 17.2 Å². The van der Waals surface area contributed by atoms with Gasteiger partial charge in [-0.05, 0) is 57.5 Å². The molecule has 3 heterocycles. The van der Waals surface area contributed by atoms with E-state index in [1.165, 1.54) is 41.2 Å². The molecule has 1 aromatic carbocycles. The van der Waals surface area contributed by atoms with E-state index in [4.69, 9.17) is 4.74 Å². The van der Waals surface area contributed by atoms with E-state index in [0.29, 0.717) is 23.4 Å². The fourth-order valence-corrected chi connectivity index (χ4v) is 5.51. The van der Waals surface area contributed by atoms with E-state index in [0.717, 1.165) is 0 Å². The minimum absolute atomic E-state index is 0.0546. The number of alkyl halides is 3. The van der Waals surface area contributed by atoms with Gasteiger partial charge in [0.05, 0.1) is 18.6 Å². The number of halogens is 3. The minimum atomic E-state index is -4.84. The lowest BCUT2D eigenvalue weighted by atomic mass is 9.84. The molecule has 0 bridgehead atoms. The number of imidazole rings is 1. The Morgan fingerprint density at radius 2 is 2.05 bits per heavy atom. The lowest BCUT2D eigenvalue weighted by molar-refractivity contribution is -0.274. The molecule has 2 aromatic heterocycles. The van der Waals surface area contributed by atoms with Gasteiger partial charge in [-0.15, -0.1) is 13.2 Å². The number of aliphatic hydroxyl groups excluding tert-OH is 1. The highest BCUT2D eigenvalue weighted by Crippen LogP contribution is 2.65. The van der Waals surface area contributed by atoms with Crippen LogP contribution in [0.3, 0.4) is 0 Å². The third-order valence-corrected chi connectivity index (χ3v) is 7.27. The first-order valence-corrected chi connectivity index (χ1v) is 12.1. The van der Waals surface area contributed by atoms with E-state index in [2.05, 4.69) is 15.0 Å². The molecule has 202 valence electrons. The summed E-state index contributed by atoms with van der Waals surface area (Å²) >= 11 is 0. The van der Waals surface area contributed by atoms with Crippen LogP contribution in [0.15, 0.2) is 47.7 Å². The van der Waals surface area contributed by atoms with Crippen LogP contribution in [-0.2, 0) is 12.0 Å². The van der Waals surface area contributed by atoms with Gasteiger partial charge in [0.15, 0.2) is 0 Å². The molecular weight excluding hydrogens is 505 g/mol. The number of hydrogen-bond acceptors (Lipinski definition) is 6. The predicted octanol–water partition coefficient (Wildman–Crippen LogP) is 3.09. The molecular formula is C26H27F3N4O5. The van der Waals surface area contributed by atoms with Crippen LogP contribution in [0.2, 0.25) is 0 Å². The van der Waals surface area contributed by atoms with E-state index < -0.39 is 28.8 Å². The molecule has 1 amide bonds. The number of fused-ring (bicyclic) bond motifs is 3. The summed E-state index contributed by atoms with van der Waals surface area (Å²) in [5.74, 6) is -0.532. The summed E-state index contributed by atoms with van der Waals surface area (Å²) in [6.45, 7) is 5.24. The van der Waals surface area contributed by atoms with Gasteiger partial charge in [0.25, 0.3) is 11.5 Å². The maximum atomic E-state index is 13.3. The van der Waals surface area contributed by atoms with Crippen molar-refractivity contribution in [2.24, 2.45) is 5.92 Å². The van der Waals surface area contributed by atoms with Gasteiger partial charge in [0.2, 0.25) is 0 Å². The van der Waals surface area contributed by atoms with Gasteiger partial charge in [-0.25, -0.2) is 4.98 Å². The summed E-state index contributed by atoms with van der Waals surface area (Å²) in [4.78, 5) is 30.6. The van der Waals surface area contributed by atoms with E-state index in [-0.39, 0.29) is 42.7 Å². The van der Waals surface area contributed by atoms with Gasteiger partial charge in [0.1, 0.15) is 28.5 Å². The number of carbonyl (C=O) groups is 1. The fourth-order valence-electron chi connectivity index (χ4n) is 5.51. The van der Waals surface area contributed by atoms with Crippen molar-refractivity contribution in [1.82, 2.24) is 19.4 Å². The van der Waals surface area contributed by atoms with Crippen LogP contribution in [-0.4, -0.2) is 50.2 Å². The van der Waals surface area contributed by atoms with Gasteiger partial charge in [-0.2, -0.15) is 0 Å². The van der Waals surface area contributed by atoms with E-state index in [1.807, 2.05) is 13.8 Å². The second-order valence-corrected chi connectivity index (χ2v) is 10.2. The molecule has 12 heteroatoms. The molecule has 9 nitrogen and oxygen atoms in total. The zero-order chi connectivity index (χ0) is 27.5. The standard InChI is InChI=1S/C26H27F3N4O5/c1-15-12-32(14-31-15)19-6-5-18(33(8-9-34)23(19)36)22(35)30-13-25-11-21(25)24(2,3)38-20-7-4-16(10-17(20)25)37-26(27,28)29/h4-7,10,12,14,21,34H,8-9,11,13H2,1-3H3,(H,30,35). The van der Waals surface area contributed by atoms with Crippen LogP contribution in [0.25, 0.3) is 5.69 Å². The van der Waals surface area contributed by atoms with Crippen molar-refractivity contribution >= 4 is 5.91 Å². The molecule has 38 heavy (non-hydrogen) atoms. The Balaban J connectivity index is 1.44. The Morgan fingerprint density at radius 1 is 1.29 bits per heavy atom. The Kier molecular flexibility index (Phi) is 6.05. The van der Waals surface area contributed by atoms with Crippen molar-refractivity contribution in [3.63, 3.8) is 0 Å². The van der Waals surface area contributed by atoms with Crippen LogP contribution in [0.4, 0.5) is 13.2 Å². The monoisotopic (exact) mass is 532 g/mol. The highest BCUT2D eigenvalue weighted by Gasteiger charge is 2.66. The first-order chi connectivity index (χ1) is 17.8. The number of rotatable bonds is 7. The molecule has 2 N–H and O–H groups in total. The second kappa shape index (κ2) is 8.90. The number of ether oxygens (including phenoxy) is 2. The lowest BCUT2D eigenvalue weighted by Gasteiger charge is -2.37. The Morgan fingerprint density at radius 3 is 2.71 bits per heavy atom. The molecule has 0 saturated heterocycles. The highest BCUT2D eigenvalue weighted by atomic mass is 19.4. The number of amides is 1. The van der Waals surface area contributed by atoms with Crippen LogP contribution >= 0.6 is 0 Å². The summed E-state index contributed by atoms with van der Waals surface area (Å²) in [5.41, 5.74) is -0.170. The fraction of sp³-hybridized carbons (Fsp3) is 0.423. The number of pyridine rings is 1. The number of nitrogens with one attached hydrogen (secondary N) is 1. The number of benzene rings is 1. The minimum Gasteiger partial charge on any atom is -0.487 e. The molecule has 1 aliphatic heterocycles. The number of aryl methyl sites for hydroxylation is 1. The van der Waals surface area contributed by atoms with Crippen molar-refractivity contribution in [1.29, 1.82) is 0 Å². The highest BCUT2D eigenvalue weighted by molar-refractivity contribution is 5.92. The first kappa shape index (κ1) is 25.8. The topological polar surface area (TPSA) is 108 Å². The maximum Gasteiger partial charge on any atom is 0.573 e. The van der Waals surface area contributed by atoms with Crippen LogP contribution < -0.4 is 20.3 Å². The zero-order valence-electron chi connectivity index (χ0n) is 21.0. The van der Waals surface area contributed by atoms with Crippen LogP contribution in [0, 0.1) is 12.8 Å². The number of carbonyl (C=O) groups excluding carboxylic acids is 1. The van der Waals surface area contributed by atoms with Gasteiger partial charge in [0, 0.05) is 36.2 Å². The van der Waals surface area contributed by atoms with E-state index in [1.54, 1.807) is 17.7 Å². The van der Waals surface area contributed by atoms with Crippen molar-refractivity contribution in [2.75, 3.05) is 13.2 Å². The SMILES string of the molecule is Cc1cn(-c2ccc(C(=O)NCC34CC3C(C)(C)Oc3ccc(OC(F)(F)F)cc34)n(CCO)c2=O)cn1. The Bertz CT molecular complexity index is 1460. The van der Waals surface area contributed by atoms with Gasteiger partial charge in [-0.1, -0.05) is 0 Å². The van der Waals surface area contributed by atoms with E-state index >= 15 is 0 Å². The summed E-state index contributed by atoms with van der Waals surface area (Å²) in [6.07, 6.45) is -1.09. The molecule has 1 aliphatic carbocycles. The Hall–Kier alpha value is -3.80. The van der Waals surface area contributed by atoms with Crippen molar-refractivity contribution < 1.29 is 32.5 Å². The molecule has 1 saturated carbocycles. The van der Waals surface area contributed by atoms with Gasteiger partial charge >= 0.3 is 6.36 Å². The number of nitrogens with zero attached hydrogens (tertiary/aromatic N) is 3. The maximum absolute atomic E-state index is 13.3. The van der Waals surface area contributed by atoms with Crippen LogP contribution in [0.5, 0.6) is 11.5 Å². The van der Waals surface area contributed by atoms with E-state index in [9.17, 15) is 27.9 Å². The molecule has 2 unspecified atom stereocenters. The summed E-state index contributed by atoms with van der Waals surface area (Å²) < 4.78 is 51.5. The molecule has 5 rings (SSSR count). The molecule has 2 aliphatic rings. The average Bonchev–Trinajstić information content (AvgIpc) is 3.46. The summed E-state index contributed by atoms with van der Waals surface area (Å²) in [6, 6.07) is 6.97. The summed E-state index contributed by atoms with van der Waals surface area (Å²) in [5, 5.41) is 12.4. The average molecular weight is 533 g/mol. The molecule has 3 aromatic rings. The quantitative estimate of drug-likeness (QED) is 0.484. The number of aliphatic hydroxyl groups is 1. The lowest BCUT2D eigenvalue weighted by Crippen LogP contribution is -2.44. The number of aromatic nitrogens is 3. The predicted molar refractivity (Wildman–Crippen MR) is 130 cm³/mol. The second-order valence-electron chi connectivity index (χ2n) is 10.2. The third kappa shape index (κ3) is 4.53. The molecule has 0 radical (unpaired) electrons. The Labute approximate surface area is 215 Å². The molecule has 0 spiro atoms. The van der Waals surface area contributed by atoms with Gasteiger partial charge < -0.3 is 24.5 Å². The van der Waals surface area contributed by atoms with Crippen LogP contribution in [0.1, 0.15) is 42.0 Å². The summed E-state index contributed by atoms with van der Waals surface area (Å²) in [7, 11) is 0. The van der Waals surface area contributed by atoms with Crippen molar-refractivity contribution in [3.05, 3.63) is 70.2 Å². The largest absolute Gasteiger partial charge is 0.573 e. The molecule has 2 atom stereocenters. The molecule has 1 fully saturated rings.